The lowest BCUT2D eigenvalue weighted by molar-refractivity contribution is -0.154. The van der Waals surface area contributed by atoms with Crippen LogP contribution in [0.25, 0.3) is 0 Å². The van der Waals surface area contributed by atoms with Crippen LogP contribution in [0.1, 0.15) is 57.3 Å². The quantitative estimate of drug-likeness (QED) is 0.728. The molecule has 1 heterocycles. The van der Waals surface area contributed by atoms with Gasteiger partial charge in [0.05, 0.1) is 18.6 Å². The molecule has 0 aliphatic heterocycles. The number of anilines is 1. The molecule has 1 aromatic heterocycles. The Labute approximate surface area is 158 Å². The predicted molar refractivity (Wildman–Crippen MR) is 100 cm³/mol. The summed E-state index contributed by atoms with van der Waals surface area (Å²) in [5.74, 6) is -0.933. The average Bonchev–Trinajstić information content (AvgIpc) is 3.02. The molecule has 3 atom stereocenters. The van der Waals surface area contributed by atoms with E-state index in [4.69, 9.17) is 9.47 Å². The molecule has 1 aliphatic carbocycles. The van der Waals surface area contributed by atoms with Gasteiger partial charge in [-0.2, -0.15) is 0 Å². The Hall–Kier alpha value is -1.89. The van der Waals surface area contributed by atoms with Gasteiger partial charge >= 0.3 is 11.9 Å². The predicted octanol–water partition coefficient (Wildman–Crippen LogP) is 3.64. The molecule has 1 amide bonds. The number of esters is 2. The van der Waals surface area contributed by atoms with Crippen molar-refractivity contribution in [3.05, 3.63) is 17.0 Å². The molecule has 2 rings (SSSR count). The van der Waals surface area contributed by atoms with E-state index in [1.165, 1.54) is 25.4 Å². The summed E-state index contributed by atoms with van der Waals surface area (Å²) in [5, 5.41) is 2.36. The SMILES string of the molecule is COC(=O)c1ccsc1N(C(=O)[C@@H]1CC[C@@H](C)C[C@@H]1OC(C)=O)C(C)C. The summed E-state index contributed by atoms with van der Waals surface area (Å²) in [4.78, 5) is 38.6. The van der Waals surface area contributed by atoms with E-state index in [0.29, 0.717) is 29.3 Å². The van der Waals surface area contributed by atoms with Gasteiger partial charge in [0, 0.05) is 13.0 Å². The summed E-state index contributed by atoms with van der Waals surface area (Å²) in [6.45, 7) is 7.29. The molecule has 0 N–H and O–H groups in total. The Morgan fingerprint density at radius 2 is 1.96 bits per heavy atom. The normalized spacial score (nSPS) is 22.8. The zero-order valence-electron chi connectivity index (χ0n) is 16.0. The second kappa shape index (κ2) is 8.66. The van der Waals surface area contributed by atoms with Gasteiger partial charge in [-0.1, -0.05) is 6.92 Å². The summed E-state index contributed by atoms with van der Waals surface area (Å²) in [5.41, 5.74) is 0.382. The van der Waals surface area contributed by atoms with E-state index in [1.54, 1.807) is 16.3 Å². The highest BCUT2D eigenvalue weighted by atomic mass is 32.1. The first kappa shape index (κ1) is 20.4. The first-order valence-electron chi connectivity index (χ1n) is 8.92. The molecule has 1 aromatic rings. The van der Waals surface area contributed by atoms with Gasteiger partial charge in [-0.3, -0.25) is 9.59 Å². The molecule has 7 heteroatoms. The van der Waals surface area contributed by atoms with E-state index in [1.807, 2.05) is 13.8 Å². The van der Waals surface area contributed by atoms with Crippen molar-refractivity contribution in [2.24, 2.45) is 11.8 Å². The third-order valence-electron chi connectivity index (χ3n) is 4.71. The Kier molecular flexibility index (Phi) is 6.81. The number of carbonyl (C=O) groups excluding carboxylic acids is 3. The molecule has 0 unspecified atom stereocenters. The van der Waals surface area contributed by atoms with Crippen LogP contribution in [0.2, 0.25) is 0 Å². The Bertz CT molecular complexity index is 669. The highest BCUT2D eigenvalue weighted by molar-refractivity contribution is 7.14. The van der Waals surface area contributed by atoms with Crippen molar-refractivity contribution >= 4 is 34.2 Å². The second-order valence-corrected chi connectivity index (χ2v) is 8.00. The first-order valence-corrected chi connectivity index (χ1v) is 9.80. The Morgan fingerprint density at radius 3 is 2.54 bits per heavy atom. The van der Waals surface area contributed by atoms with Crippen LogP contribution in [0, 0.1) is 11.8 Å². The summed E-state index contributed by atoms with van der Waals surface area (Å²) < 4.78 is 10.3. The first-order chi connectivity index (χ1) is 12.3. The van der Waals surface area contributed by atoms with Crippen molar-refractivity contribution in [1.82, 2.24) is 0 Å². The summed E-state index contributed by atoms with van der Waals surface area (Å²) in [6, 6.07) is 1.53. The fourth-order valence-corrected chi connectivity index (χ4v) is 4.50. The van der Waals surface area contributed by atoms with Crippen molar-refractivity contribution in [3.8, 4) is 0 Å². The molecule has 144 valence electrons. The number of thiophene rings is 1. The highest BCUT2D eigenvalue weighted by Crippen LogP contribution is 2.36. The molecule has 6 nitrogen and oxygen atoms in total. The van der Waals surface area contributed by atoms with Crippen LogP contribution in [-0.2, 0) is 19.1 Å². The van der Waals surface area contributed by atoms with Crippen LogP contribution in [0.15, 0.2) is 11.4 Å². The maximum atomic E-state index is 13.4. The lowest BCUT2D eigenvalue weighted by Crippen LogP contribution is -2.47. The molecular weight excluding hydrogens is 354 g/mol. The van der Waals surface area contributed by atoms with Crippen LogP contribution in [0.3, 0.4) is 0 Å². The van der Waals surface area contributed by atoms with E-state index in [2.05, 4.69) is 6.92 Å². The van der Waals surface area contributed by atoms with Crippen LogP contribution >= 0.6 is 11.3 Å². The molecule has 0 aromatic carbocycles. The molecule has 1 saturated carbocycles. The number of methoxy groups -OCH3 is 1. The number of nitrogens with zero attached hydrogens (tertiary/aromatic N) is 1. The molecule has 1 aliphatic rings. The Morgan fingerprint density at radius 1 is 1.27 bits per heavy atom. The van der Waals surface area contributed by atoms with E-state index >= 15 is 0 Å². The number of amides is 1. The van der Waals surface area contributed by atoms with E-state index in [9.17, 15) is 14.4 Å². The van der Waals surface area contributed by atoms with Gasteiger partial charge in [0.1, 0.15) is 11.1 Å². The number of hydrogen-bond acceptors (Lipinski definition) is 6. The van der Waals surface area contributed by atoms with Crippen LogP contribution < -0.4 is 4.90 Å². The maximum Gasteiger partial charge on any atom is 0.340 e. The minimum Gasteiger partial charge on any atom is -0.465 e. The van der Waals surface area contributed by atoms with Gasteiger partial charge in [0.15, 0.2) is 0 Å². The number of rotatable bonds is 5. The minimum absolute atomic E-state index is 0.106. The lowest BCUT2D eigenvalue weighted by atomic mass is 9.79. The smallest absolute Gasteiger partial charge is 0.340 e. The van der Waals surface area contributed by atoms with Crippen molar-refractivity contribution in [2.75, 3.05) is 12.0 Å². The number of hydrogen-bond donors (Lipinski definition) is 0. The lowest BCUT2D eigenvalue weighted by Gasteiger charge is -2.37. The number of carbonyl (C=O) groups is 3. The molecule has 1 fully saturated rings. The summed E-state index contributed by atoms with van der Waals surface area (Å²) in [7, 11) is 1.32. The van der Waals surface area contributed by atoms with Gasteiger partial charge in [-0.15, -0.1) is 11.3 Å². The highest BCUT2D eigenvalue weighted by Gasteiger charge is 2.40. The van der Waals surface area contributed by atoms with E-state index in [-0.39, 0.29) is 17.9 Å². The topological polar surface area (TPSA) is 72.9 Å². The van der Waals surface area contributed by atoms with Gasteiger partial charge in [0.2, 0.25) is 5.91 Å². The second-order valence-electron chi connectivity index (χ2n) is 7.11. The fourth-order valence-electron chi connectivity index (χ4n) is 3.48. The third-order valence-corrected chi connectivity index (χ3v) is 5.62. The van der Waals surface area contributed by atoms with Gasteiger partial charge in [-0.25, -0.2) is 4.79 Å². The molecule has 0 radical (unpaired) electrons. The van der Waals surface area contributed by atoms with Crippen LogP contribution in [0.4, 0.5) is 5.00 Å². The van der Waals surface area contributed by atoms with Crippen LogP contribution in [0.5, 0.6) is 0 Å². The maximum absolute atomic E-state index is 13.4. The molecular formula is C19H27NO5S. The fraction of sp³-hybridized carbons (Fsp3) is 0.632. The van der Waals surface area contributed by atoms with Crippen molar-refractivity contribution in [3.63, 3.8) is 0 Å². The molecule has 0 spiro atoms. The van der Waals surface area contributed by atoms with Gasteiger partial charge < -0.3 is 14.4 Å². The zero-order valence-corrected chi connectivity index (χ0v) is 16.8. The van der Waals surface area contributed by atoms with Crippen molar-refractivity contribution < 1.29 is 23.9 Å². The third kappa shape index (κ3) is 4.44. The largest absolute Gasteiger partial charge is 0.465 e. The molecule has 0 saturated heterocycles. The van der Waals surface area contributed by atoms with E-state index in [0.717, 1.165) is 6.42 Å². The number of ether oxygens (including phenoxy) is 2. The van der Waals surface area contributed by atoms with Gasteiger partial charge in [-0.05, 0) is 50.5 Å². The standard InChI is InChI=1S/C19H27NO5S/c1-11(2)20(18-15(8-9-26-18)19(23)24-5)17(22)14-7-6-12(3)10-16(14)25-13(4)21/h8-9,11-12,14,16H,6-7,10H2,1-5H3/t12-,14-,16+/m1/s1. The van der Waals surface area contributed by atoms with Gasteiger partial charge in [0.25, 0.3) is 0 Å². The summed E-state index contributed by atoms with van der Waals surface area (Å²) >= 11 is 1.33. The Balaban J connectivity index is 2.34. The van der Waals surface area contributed by atoms with Crippen molar-refractivity contribution in [1.29, 1.82) is 0 Å². The minimum atomic E-state index is -0.464. The van der Waals surface area contributed by atoms with Crippen LogP contribution in [-0.4, -0.2) is 37.1 Å². The zero-order chi connectivity index (χ0) is 19.4. The van der Waals surface area contributed by atoms with E-state index < -0.39 is 18.0 Å². The molecule has 0 bridgehead atoms. The monoisotopic (exact) mass is 381 g/mol. The molecule has 26 heavy (non-hydrogen) atoms. The van der Waals surface area contributed by atoms with Crippen molar-refractivity contribution in [2.45, 2.75) is 59.1 Å². The average molecular weight is 381 g/mol. The summed E-state index contributed by atoms with van der Waals surface area (Å²) in [6.07, 6.45) is 1.83.